The minimum Gasteiger partial charge on any atom is -0.493 e. The molecule has 0 saturated carbocycles. The number of pyridine rings is 1. The molecule has 0 radical (unpaired) electrons. The van der Waals surface area contributed by atoms with Gasteiger partial charge in [0.15, 0.2) is 11.5 Å². The smallest absolute Gasteiger partial charge is 0.251 e. The summed E-state index contributed by atoms with van der Waals surface area (Å²) in [5.41, 5.74) is 0.462. The predicted octanol–water partition coefficient (Wildman–Crippen LogP) is 2.18. The van der Waals surface area contributed by atoms with Crippen LogP contribution in [0.1, 0.15) is 16.1 Å². The van der Waals surface area contributed by atoms with Gasteiger partial charge >= 0.3 is 0 Å². The van der Waals surface area contributed by atoms with Crippen molar-refractivity contribution in [2.24, 2.45) is 0 Å². The molecule has 7 heteroatoms. The maximum absolute atomic E-state index is 13.5. The van der Waals surface area contributed by atoms with Gasteiger partial charge in [0.2, 0.25) is 5.75 Å². The number of carbonyl (C=O) groups excluding carboxylic acids is 1. The number of carbonyl (C=O) groups is 1. The van der Waals surface area contributed by atoms with Crippen LogP contribution in [0.25, 0.3) is 0 Å². The van der Waals surface area contributed by atoms with Gasteiger partial charge in [0.1, 0.15) is 5.82 Å². The molecule has 0 aliphatic heterocycles. The zero-order valence-corrected chi connectivity index (χ0v) is 13.1. The standard InChI is InChI=1S/C16H17FN2O4/c1-21-13-7-10(8-14(22-2)15(13)23-3)16(20)19-9-12-11(17)5-4-6-18-12/h4-8H,9H2,1-3H3,(H,19,20). The summed E-state index contributed by atoms with van der Waals surface area (Å²) in [4.78, 5) is 16.1. The van der Waals surface area contributed by atoms with E-state index in [1.165, 1.54) is 51.8 Å². The second-order valence-corrected chi connectivity index (χ2v) is 4.53. The average molecular weight is 320 g/mol. The summed E-state index contributed by atoms with van der Waals surface area (Å²) in [5.74, 6) is 0.233. The van der Waals surface area contributed by atoms with Crippen LogP contribution < -0.4 is 19.5 Å². The van der Waals surface area contributed by atoms with Crippen molar-refractivity contribution in [3.05, 3.63) is 47.5 Å². The van der Waals surface area contributed by atoms with Crippen molar-refractivity contribution < 1.29 is 23.4 Å². The van der Waals surface area contributed by atoms with Crippen LogP contribution in [0.3, 0.4) is 0 Å². The number of hydrogen-bond donors (Lipinski definition) is 1. The Balaban J connectivity index is 2.20. The van der Waals surface area contributed by atoms with E-state index in [0.717, 1.165) is 0 Å². The first-order chi connectivity index (χ1) is 11.1. The molecule has 0 bridgehead atoms. The molecule has 0 aliphatic rings. The number of nitrogens with one attached hydrogen (secondary N) is 1. The van der Waals surface area contributed by atoms with Crippen molar-refractivity contribution >= 4 is 5.91 Å². The lowest BCUT2D eigenvalue weighted by atomic mass is 10.1. The Morgan fingerprint density at radius 1 is 1.17 bits per heavy atom. The zero-order valence-electron chi connectivity index (χ0n) is 13.1. The van der Waals surface area contributed by atoms with E-state index < -0.39 is 11.7 Å². The van der Waals surface area contributed by atoms with E-state index >= 15 is 0 Å². The van der Waals surface area contributed by atoms with Gasteiger partial charge in [-0.2, -0.15) is 0 Å². The number of aromatic nitrogens is 1. The van der Waals surface area contributed by atoms with Crippen LogP contribution in [0.15, 0.2) is 30.5 Å². The molecule has 0 atom stereocenters. The molecule has 122 valence electrons. The van der Waals surface area contributed by atoms with Crippen LogP contribution in [0.4, 0.5) is 4.39 Å². The molecule has 6 nitrogen and oxygen atoms in total. The van der Waals surface area contributed by atoms with Gasteiger partial charge < -0.3 is 19.5 Å². The normalized spacial score (nSPS) is 10.1. The Morgan fingerprint density at radius 3 is 2.35 bits per heavy atom. The Hall–Kier alpha value is -2.83. The first-order valence-corrected chi connectivity index (χ1v) is 6.78. The van der Waals surface area contributed by atoms with Gasteiger partial charge in [-0.25, -0.2) is 4.39 Å². The number of benzene rings is 1. The molecule has 0 aliphatic carbocycles. The lowest BCUT2D eigenvalue weighted by Gasteiger charge is -2.14. The number of hydrogen-bond acceptors (Lipinski definition) is 5. The van der Waals surface area contributed by atoms with Crippen molar-refractivity contribution in [2.45, 2.75) is 6.54 Å². The third-order valence-electron chi connectivity index (χ3n) is 3.18. The fourth-order valence-electron chi connectivity index (χ4n) is 2.03. The zero-order chi connectivity index (χ0) is 16.8. The molecular formula is C16H17FN2O4. The Kier molecular flexibility index (Phi) is 5.35. The van der Waals surface area contributed by atoms with Crippen LogP contribution in [0.5, 0.6) is 17.2 Å². The minimum absolute atomic E-state index is 0.0256. The fourth-order valence-corrected chi connectivity index (χ4v) is 2.03. The van der Waals surface area contributed by atoms with Gasteiger partial charge in [-0.3, -0.25) is 9.78 Å². The molecule has 0 unspecified atom stereocenters. The topological polar surface area (TPSA) is 69.7 Å². The fraction of sp³-hybridized carbons (Fsp3) is 0.250. The van der Waals surface area contributed by atoms with Crippen LogP contribution in [0.2, 0.25) is 0 Å². The molecule has 0 fully saturated rings. The summed E-state index contributed by atoms with van der Waals surface area (Å²) < 4.78 is 29.1. The highest BCUT2D eigenvalue weighted by atomic mass is 19.1. The van der Waals surface area contributed by atoms with Crippen molar-refractivity contribution in [3.63, 3.8) is 0 Å². The predicted molar refractivity (Wildman–Crippen MR) is 81.5 cm³/mol. The molecule has 2 rings (SSSR count). The Labute approximate surface area is 133 Å². The van der Waals surface area contributed by atoms with Crippen LogP contribution in [-0.4, -0.2) is 32.2 Å². The maximum Gasteiger partial charge on any atom is 0.251 e. The summed E-state index contributed by atoms with van der Waals surface area (Å²) in [6.45, 7) is -0.0256. The molecule has 1 aromatic carbocycles. The van der Waals surface area contributed by atoms with E-state index in [0.29, 0.717) is 22.8 Å². The first kappa shape index (κ1) is 16.5. The van der Waals surface area contributed by atoms with Gasteiger partial charge in [0.05, 0.1) is 33.6 Å². The van der Waals surface area contributed by atoms with Gasteiger partial charge in [0, 0.05) is 11.8 Å². The third-order valence-corrected chi connectivity index (χ3v) is 3.18. The largest absolute Gasteiger partial charge is 0.493 e. The van der Waals surface area contributed by atoms with Gasteiger partial charge in [-0.1, -0.05) is 0 Å². The van der Waals surface area contributed by atoms with Gasteiger partial charge in [-0.05, 0) is 24.3 Å². The van der Waals surface area contributed by atoms with Crippen LogP contribution in [-0.2, 0) is 6.54 Å². The minimum atomic E-state index is -0.474. The first-order valence-electron chi connectivity index (χ1n) is 6.78. The lowest BCUT2D eigenvalue weighted by molar-refractivity contribution is 0.0949. The van der Waals surface area contributed by atoms with E-state index in [-0.39, 0.29) is 12.2 Å². The van der Waals surface area contributed by atoms with E-state index in [1.807, 2.05) is 0 Å². The second-order valence-electron chi connectivity index (χ2n) is 4.53. The van der Waals surface area contributed by atoms with Crippen LogP contribution >= 0.6 is 0 Å². The molecule has 0 saturated heterocycles. The maximum atomic E-state index is 13.5. The molecule has 23 heavy (non-hydrogen) atoms. The van der Waals surface area contributed by atoms with Crippen molar-refractivity contribution in [1.29, 1.82) is 0 Å². The molecule has 1 aromatic heterocycles. The molecule has 1 heterocycles. The van der Waals surface area contributed by atoms with Crippen LogP contribution in [0, 0.1) is 5.82 Å². The monoisotopic (exact) mass is 320 g/mol. The summed E-state index contributed by atoms with van der Waals surface area (Å²) in [5, 5.41) is 2.60. The SMILES string of the molecule is COc1cc(C(=O)NCc2ncccc2F)cc(OC)c1OC. The van der Waals surface area contributed by atoms with E-state index in [9.17, 15) is 9.18 Å². The Morgan fingerprint density at radius 2 is 1.83 bits per heavy atom. The van der Waals surface area contributed by atoms with E-state index in [2.05, 4.69) is 10.3 Å². The number of nitrogens with zero attached hydrogens (tertiary/aromatic N) is 1. The highest BCUT2D eigenvalue weighted by Crippen LogP contribution is 2.38. The molecule has 0 spiro atoms. The van der Waals surface area contributed by atoms with Crippen molar-refractivity contribution in [2.75, 3.05) is 21.3 Å². The number of amides is 1. The average Bonchev–Trinajstić information content (AvgIpc) is 2.59. The number of halogens is 1. The number of methoxy groups -OCH3 is 3. The molecule has 1 N–H and O–H groups in total. The van der Waals surface area contributed by atoms with E-state index in [1.54, 1.807) is 0 Å². The highest BCUT2D eigenvalue weighted by molar-refractivity contribution is 5.95. The van der Waals surface area contributed by atoms with Crippen molar-refractivity contribution in [1.82, 2.24) is 10.3 Å². The summed E-state index contributed by atoms with van der Waals surface area (Å²) in [7, 11) is 4.40. The highest BCUT2D eigenvalue weighted by Gasteiger charge is 2.17. The van der Waals surface area contributed by atoms with Gasteiger partial charge in [0.25, 0.3) is 5.91 Å². The van der Waals surface area contributed by atoms with Gasteiger partial charge in [-0.15, -0.1) is 0 Å². The quantitative estimate of drug-likeness (QED) is 0.883. The Bertz CT molecular complexity index is 681. The molecule has 1 amide bonds. The number of rotatable bonds is 6. The number of ether oxygens (including phenoxy) is 3. The summed E-state index contributed by atoms with van der Waals surface area (Å²) in [6.07, 6.45) is 1.46. The van der Waals surface area contributed by atoms with E-state index in [4.69, 9.17) is 14.2 Å². The molecular weight excluding hydrogens is 303 g/mol. The molecule has 2 aromatic rings. The van der Waals surface area contributed by atoms with Crippen molar-refractivity contribution in [3.8, 4) is 17.2 Å². The summed E-state index contributed by atoms with van der Waals surface area (Å²) >= 11 is 0. The summed E-state index contributed by atoms with van der Waals surface area (Å²) in [6, 6.07) is 5.81. The second kappa shape index (κ2) is 7.44. The third kappa shape index (κ3) is 3.68. The lowest BCUT2D eigenvalue weighted by Crippen LogP contribution is -2.24.